The first-order valence-electron chi connectivity index (χ1n) is 8.47. The molecule has 1 aromatic heterocycles. The van der Waals surface area contributed by atoms with Crippen molar-refractivity contribution in [3.8, 4) is 5.88 Å². The van der Waals surface area contributed by atoms with Crippen molar-refractivity contribution in [2.24, 2.45) is 0 Å². The maximum absolute atomic E-state index is 6.05. The summed E-state index contributed by atoms with van der Waals surface area (Å²) < 4.78 is 6.05. The molecular weight excluding hydrogens is 262 g/mol. The number of aromatic nitrogens is 2. The topological polar surface area (TPSA) is 47.0 Å². The normalized spacial score (nSPS) is 12.2. The molecule has 0 bridgehead atoms. The second-order valence-electron chi connectivity index (χ2n) is 5.56. The Kier molecular flexibility index (Phi) is 8.79. The minimum absolute atomic E-state index is 0.209. The summed E-state index contributed by atoms with van der Waals surface area (Å²) in [5.74, 6) is 1.66. The van der Waals surface area contributed by atoms with E-state index in [-0.39, 0.29) is 6.10 Å². The Hall–Kier alpha value is -1.32. The van der Waals surface area contributed by atoms with Gasteiger partial charge >= 0.3 is 0 Å². The lowest BCUT2D eigenvalue weighted by atomic mass is 10.1. The Morgan fingerprint density at radius 3 is 2.57 bits per heavy atom. The van der Waals surface area contributed by atoms with Crippen LogP contribution in [0.2, 0.25) is 0 Å². The third-order valence-electron chi connectivity index (χ3n) is 3.58. The highest BCUT2D eigenvalue weighted by molar-refractivity contribution is 5.48. The van der Waals surface area contributed by atoms with Crippen LogP contribution in [-0.4, -0.2) is 22.6 Å². The molecule has 0 aliphatic rings. The summed E-state index contributed by atoms with van der Waals surface area (Å²) in [6.45, 7) is 9.56. The van der Waals surface area contributed by atoms with Crippen LogP contribution in [0.1, 0.15) is 71.8 Å². The van der Waals surface area contributed by atoms with E-state index < -0.39 is 0 Å². The quantitative estimate of drug-likeness (QED) is 0.606. The molecule has 120 valence electrons. The van der Waals surface area contributed by atoms with Crippen molar-refractivity contribution in [1.82, 2.24) is 9.97 Å². The van der Waals surface area contributed by atoms with Gasteiger partial charge in [0, 0.05) is 6.54 Å². The number of nitrogens with one attached hydrogen (secondary N) is 1. The molecule has 1 heterocycles. The molecule has 1 rings (SSSR count). The van der Waals surface area contributed by atoms with E-state index in [1.54, 1.807) is 6.33 Å². The van der Waals surface area contributed by atoms with E-state index >= 15 is 0 Å². The molecule has 0 saturated carbocycles. The first kappa shape index (κ1) is 17.7. The summed E-state index contributed by atoms with van der Waals surface area (Å²) in [5, 5.41) is 3.36. The molecule has 0 radical (unpaired) electrons. The van der Waals surface area contributed by atoms with Crippen LogP contribution >= 0.6 is 0 Å². The van der Waals surface area contributed by atoms with Crippen LogP contribution in [0, 0.1) is 0 Å². The van der Waals surface area contributed by atoms with Crippen molar-refractivity contribution in [2.75, 3.05) is 11.9 Å². The van der Waals surface area contributed by atoms with Crippen LogP contribution in [0.4, 0.5) is 5.82 Å². The van der Waals surface area contributed by atoms with Gasteiger partial charge in [-0.25, -0.2) is 9.97 Å². The average Bonchev–Trinajstić information content (AvgIpc) is 2.49. The van der Waals surface area contributed by atoms with Crippen molar-refractivity contribution in [3.05, 3.63) is 11.9 Å². The van der Waals surface area contributed by atoms with Crippen molar-refractivity contribution < 1.29 is 4.74 Å². The molecule has 21 heavy (non-hydrogen) atoms. The Bertz CT molecular complexity index is 396. The molecule has 0 aromatic carbocycles. The fraction of sp³-hybridized carbons (Fsp3) is 0.765. The molecule has 0 amide bonds. The number of anilines is 1. The van der Waals surface area contributed by atoms with Gasteiger partial charge in [0.2, 0.25) is 5.88 Å². The highest BCUT2D eigenvalue weighted by Crippen LogP contribution is 2.24. The summed E-state index contributed by atoms with van der Waals surface area (Å²) in [4.78, 5) is 8.67. The van der Waals surface area contributed by atoms with Crippen LogP contribution in [0.3, 0.4) is 0 Å². The lowest BCUT2D eigenvalue weighted by Crippen LogP contribution is -2.15. The first-order chi connectivity index (χ1) is 10.2. The highest BCUT2D eigenvalue weighted by Gasteiger charge is 2.13. The Morgan fingerprint density at radius 1 is 1.10 bits per heavy atom. The van der Waals surface area contributed by atoms with Gasteiger partial charge < -0.3 is 10.1 Å². The van der Waals surface area contributed by atoms with E-state index in [0.29, 0.717) is 0 Å². The highest BCUT2D eigenvalue weighted by atomic mass is 16.5. The second-order valence-corrected chi connectivity index (χ2v) is 5.56. The molecule has 1 aromatic rings. The number of unbranched alkanes of at least 4 members (excludes halogenated alkanes) is 3. The van der Waals surface area contributed by atoms with Gasteiger partial charge in [-0.15, -0.1) is 0 Å². The zero-order valence-corrected chi connectivity index (χ0v) is 14.1. The van der Waals surface area contributed by atoms with Crippen molar-refractivity contribution in [3.63, 3.8) is 0 Å². The fourth-order valence-electron chi connectivity index (χ4n) is 2.32. The van der Waals surface area contributed by atoms with E-state index in [2.05, 4.69) is 43.0 Å². The van der Waals surface area contributed by atoms with Gasteiger partial charge in [-0.1, -0.05) is 40.0 Å². The maximum atomic E-state index is 6.05. The Labute approximate surface area is 129 Å². The summed E-state index contributed by atoms with van der Waals surface area (Å²) in [6, 6.07) is 0. The Morgan fingerprint density at radius 2 is 1.90 bits per heavy atom. The summed E-state index contributed by atoms with van der Waals surface area (Å²) >= 11 is 0. The van der Waals surface area contributed by atoms with E-state index in [4.69, 9.17) is 4.74 Å². The van der Waals surface area contributed by atoms with Gasteiger partial charge in [-0.05, 0) is 32.6 Å². The molecule has 1 unspecified atom stereocenters. The van der Waals surface area contributed by atoms with Gasteiger partial charge in [-0.3, -0.25) is 0 Å². The van der Waals surface area contributed by atoms with E-state index in [1.165, 1.54) is 25.7 Å². The number of nitrogens with zero attached hydrogens (tertiary/aromatic N) is 2. The predicted molar refractivity (Wildman–Crippen MR) is 89.0 cm³/mol. The minimum Gasteiger partial charge on any atom is -0.474 e. The first-order valence-corrected chi connectivity index (χ1v) is 8.47. The molecule has 1 atom stereocenters. The maximum Gasteiger partial charge on any atom is 0.222 e. The fourth-order valence-corrected chi connectivity index (χ4v) is 2.32. The second kappa shape index (κ2) is 10.4. The molecule has 4 nitrogen and oxygen atoms in total. The summed E-state index contributed by atoms with van der Waals surface area (Å²) in [5.41, 5.74) is 1.09. The van der Waals surface area contributed by atoms with E-state index in [1.807, 2.05) is 0 Å². The standard InChI is InChI=1S/C17H31N3O/c1-5-8-9-10-11-14(4)21-17-15(7-3)16(18-12-6-2)19-13-20-17/h13-14H,5-12H2,1-4H3,(H,18,19,20). The lowest BCUT2D eigenvalue weighted by Gasteiger charge is -2.17. The number of ether oxygens (including phenoxy) is 1. The zero-order chi connectivity index (χ0) is 15.5. The monoisotopic (exact) mass is 293 g/mol. The Balaban J connectivity index is 2.60. The minimum atomic E-state index is 0.209. The van der Waals surface area contributed by atoms with Crippen LogP contribution in [0.15, 0.2) is 6.33 Å². The molecule has 0 fully saturated rings. The van der Waals surface area contributed by atoms with Gasteiger partial charge in [0.25, 0.3) is 0 Å². The van der Waals surface area contributed by atoms with Crippen LogP contribution < -0.4 is 10.1 Å². The van der Waals surface area contributed by atoms with Crippen LogP contribution in [-0.2, 0) is 6.42 Å². The molecular formula is C17H31N3O. The number of hydrogen-bond acceptors (Lipinski definition) is 4. The van der Waals surface area contributed by atoms with Crippen LogP contribution in [0.25, 0.3) is 0 Å². The smallest absolute Gasteiger partial charge is 0.222 e. The molecule has 0 aliphatic heterocycles. The van der Waals surface area contributed by atoms with Crippen molar-refractivity contribution >= 4 is 5.82 Å². The van der Waals surface area contributed by atoms with E-state index in [9.17, 15) is 0 Å². The van der Waals surface area contributed by atoms with Crippen molar-refractivity contribution in [2.45, 2.75) is 78.7 Å². The van der Waals surface area contributed by atoms with Crippen LogP contribution in [0.5, 0.6) is 5.88 Å². The van der Waals surface area contributed by atoms with Crippen molar-refractivity contribution in [1.29, 1.82) is 0 Å². The molecule has 0 aliphatic carbocycles. The zero-order valence-electron chi connectivity index (χ0n) is 14.1. The summed E-state index contributed by atoms with van der Waals surface area (Å²) in [6.07, 6.45) is 9.95. The van der Waals surface area contributed by atoms with Gasteiger partial charge in [0.1, 0.15) is 12.1 Å². The lowest BCUT2D eigenvalue weighted by molar-refractivity contribution is 0.196. The third kappa shape index (κ3) is 6.32. The average molecular weight is 293 g/mol. The molecule has 1 N–H and O–H groups in total. The third-order valence-corrected chi connectivity index (χ3v) is 3.58. The van der Waals surface area contributed by atoms with Gasteiger partial charge in [0.15, 0.2) is 0 Å². The predicted octanol–water partition coefficient (Wildman–Crippen LogP) is 4.60. The van der Waals surface area contributed by atoms with Gasteiger partial charge in [-0.2, -0.15) is 0 Å². The number of hydrogen-bond donors (Lipinski definition) is 1. The van der Waals surface area contributed by atoms with Gasteiger partial charge in [0.05, 0.1) is 11.7 Å². The molecule has 0 spiro atoms. The SMILES string of the molecule is CCCCCCC(C)Oc1ncnc(NCCC)c1CC. The molecule has 0 saturated heterocycles. The molecule has 4 heteroatoms. The largest absolute Gasteiger partial charge is 0.474 e. The number of rotatable bonds is 11. The summed E-state index contributed by atoms with van der Waals surface area (Å²) in [7, 11) is 0. The van der Waals surface area contributed by atoms with E-state index in [0.717, 1.165) is 43.1 Å².